The molecule has 1 unspecified atom stereocenters. The summed E-state index contributed by atoms with van der Waals surface area (Å²) >= 11 is 0. The van der Waals surface area contributed by atoms with Crippen LogP contribution in [-0.2, 0) is 21.4 Å². The number of rotatable bonds is 9. The van der Waals surface area contributed by atoms with Crippen LogP contribution in [0.3, 0.4) is 0 Å². The highest BCUT2D eigenvalue weighted by atomic mass is 16.5. The van der Waals surface area contributed by atoms with Gasteiger partial charge in [0.2, 0.25) is 17.7 Å². The topological polar surface area (TPSA) is 169 Å². The van der Waals surface area contributed by atoms with Gasteiger partial charge in [0.25, 0.3) is 11.8 Å². The second kappa shape index (κ2) is 16.4. The highest BCUT2D eigenvalue weighted by Gasteiger charge is 2.44. The molecule has 3 aromatic heterocycles. The Labute approximate surface area is 362 Å². The molecule has 3 aliphatic heterocycles. The number of aryl methyl sites for hydroxylation is 1. The number of pyridine rings is 2. The van der Waals surface area contributed by atoms with Crippen LogP contribution in [0.1, 0.15) is 70.4 Å². The predicted molar refractivity (Wildman–Crippen MR) is 232 cm³/mol. The smallest absolute Gasteiger partial charge is 0.262 e. The van der Waals surface area contributed by atoms with Crippen LogP contribution in [0.15, 0.2) is 91.4 Å². The number of ether oxygens (including phenoxy) is 3. The number of anilines is 1. The number of carbonyl (C=O) groups excluding carboxylic acids is 4. The van der Waals surface area contributed by atoms with Gasteiger partial charge in [-0.2, -0.15) is 5.26 Å². The number of nitrogens with one attached hydrogen (secondary N) is 1. The van der Waals surface area contributed by atoms with Gasteiger partial charge in [0.15, 0.2) is 0 Å². The van der Waals surface area contributed by atoms with Gasteiger partial charge in [-0.3, -0.25) is 34.4 Å². The van der Waals surface area contributed by atoms with E-state index in [1.165, 1.54) is 17.5 Å². The number of nitriles is 1. The minimum Gasteiger partial charge on any atom is -0.481 e. The zero-order chi connectivity index (χ0) is 43.2. The van der Waals surface area contributed by atoms with E-state index in [9.17, 15) is 24.4 Å². The van der Waals surface area contributed by atoms with Gasteiger partial charge in [0.1, 0.15) is 24.5 Å². The lowest BCUT2D eigenvalue weighted by Gasteiger charge is -2.40. The Bertz CT molecular complexity index is 2950. The van der Waals surface area contributed by atoms with Crippen molar-refractivity contribution in [3.05, 3.63) is 114 Å². The van der Waals surface area contributed by atoms with Gasteiger partial charge < -0.3 is 23.7 Å². The van der Waals surface area contributed by atoms with Crippen molar-refractivity contribution in [2.75, 3.05) is 24.6 Å². The first kappa shape index (κ1) is 39.6. The minimum absolute atomic E-state index is 0.00886. The molecule has 3 fully saturated rings. The van der Waals surface area contributed by atoms with E-state index in [2.05, 4.69) is 74.0 Å². The average Bonchev–Trinajstić information content (AvgIpc) is 3.72. The number of imide groups is 2. The van der Waals surface area contributed by atoms with E-state index in [-0.39, 0.29) is 48.9 Å². The van der Waals surface area contributed by atoms with Gasteiger partial charge in [-0.25, -0.2) is 4.98 Å². The van der Waals surface area contributed by atoms with Crippen molar-refractivity contribution in [3.63, 3.8) is 0 Å². The molecule has 10 rings (SSSR count). The van der Waals surface area contributed by atoms with Crippen molar-refractivity contribution in [2.45, 2.75) is 62.9 Å². The third-order valence-electron chi connectivity index (χ3n) is 12.4. The standard InChI is InChI=1S/C49H41N7O7/c1-54-42-12-15-51-28-41(42)38-7-4-31(22-44(38)54)32-5-11-46(52-27-32)63-37-23-36(24-37)62-34-13-16-55(17-14-34)33-20-29(19-30(21-33)26-50)3-2-18-61-35-6-8-39-40(25-35)49(60)56(48(39)59)43-9-10-45(57)53-47(43)58/h4-8,11-12,15,19-22,25,27-28,34,36-37,43H,9-10,13-14,16-18,23-24H2,1H3,(H,53,57,58). The third-order valence-corrected chi connectivity index (χ3v) is 12.4. The molecular weight excluding hydrogens is 799 g/mol. The fourth-order valence-corrected chi connectivity index (χ4v) is 9.00. The van der Waals surface area contributed by atoms with E-state index in [1.807, 2.05) is 42.9 Å². The summed E-state index contributed by atoms with van der Waals surface area (Å²) in [6.45, 7) is 1.55. The molecule has 4 aliphatic rings. The van der Waals surface area contributed by atoms with Gasteiger partial charge in [-0.15, -0.1) is 0 Å². The average molecular weight is 840 g/mol. The van der Waals surface area contributed by atoms with Crippen LogP contribution in [0.4, 0.5) is 5.69 Å². The van der Waals surface area contributed by atoms with Gasteiger partial charge in [-0.05, 0) is 79.4 Å². The first-order chi connectivity index (χ1) is 30.7. The number of hydrogen-bond donors (Lipinski definition) is 1. The molecule has 0 bridgehead atoms. The van der Waals surface area contributed by atoms with Gasteiger partial charge in [0.05, 0.1) is 40.5 Å². The fourth-order valence-electron chi connectivity index (χ4n) is 9.00. The SMILES string of the molecule is Cn1c2ccncc2c2ccc(-c3ccc(OC4CC(OC5CCN(c6cc(C#N)cc(C#CCOc7ccc8c(c7)C(=O)N(C7CCC(=O)NC7=O)C8=O)c6)CC5)C4)nc3)cc21. The summed E-state index contributed by atoms with van der Waals surface area (Å²) in [6.07, 6.45) is 9.44. The first-order valence-corrected chi connectivity index (χ1v) is 21.1. The van der Waals surface area contributed by atoms with Gasteiger partial charge >= 0.3 is 0 Å². The van der Waals surface area contributed by atoms with Crippen LogP contribution in [-0.4, -0.2) is 87.1 Å². The molecule has 0 radical (unpaired) electrons. The molecule has 1 atom stereocenters. The van der Waals surface area contributed by atoms with Crippen LogP contribution < -0.4 is 19.7 Å². The summed E-state index contributed by atoms with van der Waals surface area (Å²) in [6, 6.07) is 23.8. The Kier molecular flexibility index (Phi) is 10.3. The largest absolute Gasteiger partial charge is 0.481 e. The van der Waals surface area contributed by atoms with E-state index in [0.29, 0.717) is 22.8 Å². The zero-order valence-corrected chi connectivity index (χ0v) is 34.4. The minimum atomic E-state index is -1.04. The zero-order valence-electron chi connectivity index (χ0n) is 34.4. The molecule has 1 N–H and O–H groups in total. The summed E-state index contributed by atoms with van der Waals surface area (Å²) in [5.74, 6) is 4.74. The molecule has 14 heteroatoms. The highest BCUT2D eigenvalue weighted by molar-refractivity contribution is 6.23. The predicted octanol–water partition coefficient (Wildman–Crippen LogP) is 6.09. The number of aromatic nitrogens is 3. The number of fused-ring (bicyclic) bond motifs is 4. The van der Waals surface area contributed by atoms with E-state index in [0.717, 1.165) is 76.9 Å². The van der Waals surface area contributed by atoms with Gasteiger partial charge in [0, 0.05) is 97.2 Å². The Morgan fingerprint density at radius 3 is 2.40 bits per heavy atom. The van der Waals surface area contributed by atoms with Gasteiger partial charge in [-0.1, -0.05) is 24.0 Å². The maximum absolute atomic E-state index is 13.2. The number of piperidine rings is 2. The first-order valence-electron chi connectivity index (χ1n) is 21.1. The van der Waals surface area contributed by atoms with Crippen molar-refractivity contribution in [3.8, 4) is 40.7 Å². The number of carbonyl (C=O) groups is 4. The Balaban J connectivity index is 0.688. The Hall–Kier alpha value is -7.55. The number of hydrogen-bond acceptors (Lipinski definition) is 11. The van der Waals surface area contributed by atoms with E-state index in [1.54, 1.807) is 12.1 Å². The Morgan fingerprint density at radius 2 is 1.60 bits per heavy atom. The summed E-state index contributed by atoms with van der Waals surface area (Å²) in [4.78, 5) is 62.2. The highest BCUT2D eigenvalue weighted by Crippen LogP contribution is 2.35. The molecular formula is C49H41N7O7. The van der Waals surface area contributed by atoms with Crippen molar-refractivity contribution >= 4 is 51.1 Å². The lowest BCUT2D eigenvalue weighted by Crippen LogP contribution is -2.54. The summed E-state index contributed by atoms with van der Waals surface area (Å²) in [7, 11) is 2.08. The van der Waals surface area contributed by atoms with Crippen LogP contribution in [0.25, 0.3) is 32.9 Å². The number of benzene rings is 3. The number of nitrogens with zero attached hydrogens (tertiary/aromatic N) is 6. The number of amides is 4. The summed E-state index contributed by atoms with van der Waals surface area (Å²) < 4.78 is 20.7. The molecule has 1 aliphatic carbocycles. The summed E-state index contributed by atoms with van der Waals surface area (Å²) in [5, 5.41) is 14.3. The molecule has 3 aromatic carbocycles. The van der Waals surface area contributed by atoms with E-state index < -0.39 is 29.7 Å². The second-order valence-electron chi connectivity index (χ2n) is 16.4. The fraction of sp³-hybridized carbons (Fsp3) is 0.286. The lowest BCUT2D eigenvalue weighted by molar-refractivity contribution is -0.136. The van der Waals surface area contributed by atoms with Crippen LogP contribution >= 0.6 is 0 Å². The van der Waals surface area contributed by atoms with Crippen molar-refractivity contribution < 1.29 is 33.4 Å². The maximum Gasteiger partial charge on any atom is 0.262 e. The molecule has 63 heavy (non-hydrogen) atoms. The van der Waals surface area contributed by atoms with E-state index in [4.69, 9.17) is 14.2 Å². The maximum atomic E-state index is 13.2. The second-order valence-corrected chi connectivity index (χ2v) is 16.4. The Morgan fingerprint density at radius 1 is 0.794 bits per heavy atom. The van der Waals surface area contributed by atoms with Crippen LogP contribution in [0.2, 0.25) is 0 Å². The van der Waals surface area contributed by atoms with Crippen LogP contribution in [0, 0.1) is 23.2 Å². The quantitative estimate of drug-likeness (QED) is 0.132. The molecule has 6 heterocycles. The molecule has 0 spiro atoms. The molecule has 4 amide bonds. The van der Waals surface area contributed by atoms with E-state index >= 15 is 0 Å². The molecule has 2 saturated heterocycles. The van der Waals surface area contributed by atoms with Crippen molar-refractivity contribution in [1.82, 2.24) is 24.8 Å². The van der Waals surface area contributed by atoms with Crippen molar-refractivity contribution in [1.29, 1.82) is 5.26 Å². The molecule has 14 nitrogen and oxygen atoms in total. The lowest BCUT2D eigenvalue weighted by atomic mass is 9.91. The monoisotopic (exact) mass is 839 g/mol. The van der Waals surface area contributed by atoms with Crippen LogP contribution in [0.5, 0.6) is 11.6 Å². The summed E-state index contributed by atoms with van der Waals surface area (Å²) in [5.41, 5.74) is 6.81. The molecule has 6 aromatic rings. The third kappa shape index (κ3) is 7.70. The molecule has 314 valence electrons. The molecule has 1 saturated carbocycles. The normalized spacial score (nSPS) is 19.9. The van der Waals surface area contributed by atoms with Crippen molar-refractivity contribution in [2.24, 2.45) is 7.05 Å².